The monoisotopic (exact) mass is 258 g/mol. The van der Waals surface area contributed by atoms with Crippen molar-refractivity contribution in [3.8, 4) is 5.75 Å². The fourth-order valence-electron chi connectivity index (χ4n) is 1.26. The Morgan fingerprint density at radius 2 is 2.00 bits per heavy atom. The summed E-state index contributed by atoms with van der Waals surface area (Å²) in [7, 11) is 1.76. The Balaban J connectivity index is 0.00000256. The van der Waals surface area contributed by atoms with Crippen molar-refractivity contribution in [2.75, 3.05) is 26.7 Å². The van der Waals surface area contributed by atoms with Crippen LogP contribution < -0.4 is 10.5 Å². The molecule has 4 nitrogen and oxygen atoms in total. The molecule has 0 unspecified atom stereocenters. The summed E-state index contributed by atoms with van der Waals surface area (Å²) in [6.07, 6.45) is 0.391. The van der Waals surface area contributed by atoms with Crippen LogP contribution in [0.2, 0.25) is 0 Å². The quantitative estimate of drug-likeness (QED) is 0.837. The first-order chi connectivity index (χ1) is 7.74. The second kappa shape index (κ2) is 8.84. The van der Waals surface area contributed by atoms with Crippen molar-refractivity contribution in [3.63, 3.8) is 0 Å². The molecule has 0 aliphatic rings. The maximum absolute atomic E-state index is 11.4. The zero-order valence-corrected chi connectivity index (χ0v) is 10.8. The van der Waals surface area contributed by atoms with Gasteiger partial charge in [-0.1, -0.05) is 18.2 Å². The van der Waals surface area contributed by atoms with Crippen LogP contribution in [0.15, 0.2) is 30.3 Å². The molecule has 0 aromatic heterocycles. The van der Waals surface area contributed by atoms with Crippen LogP contribution in [0.25, 0.3) is 0 Å². The largest absolute Gasteiger partial charge is 0.492 e. The summed E-state index contributed by atoms with van der Waals surface area (Å²) in [6, 6.07) is 9.55. The summed E-state index contributed by atoms with van der Waals surface area (Å²) in [4.78, 5) is 13.0. The molecule has 17 heavy (non-hydrogen) atoms. The summed E-state index contributed by atoms with van der Waals surface area (Å²) >= 11 is 0. The van der Waals surface area contributed by atoms with Gasteiger partial charge in [0.25, 0.3) is 0 Å². The van der Waals surface area contributed by atoms with Gasteiger partial charge in [-0.15, -0.1) is 12.4 Å². The molecular weight excluding hydrogens is 240 g/mol. The second-order valence-corrected chi connectivity index (χ2v) is 3.52. The summed E-state index contributed by atoms with van der Waals surface area (Å²) in [5, 5.41) is 0. The van der Waals surface area contributed by atoms with Crippen molar-refractivity contribution in [3.05, 3.63) is 30.3 Å². The molecule has 0 fully saturated rings. The zero-order valence-electron chi connectivity index (χ0n) is 9.96. The molecule has 0 saturated heterocycles. The van der Waals surface area contributed by atoms with E-state index in [-0.39, 0.29) is 18.3 Å². The average Bonchev–Trinajstić information content (AvgIpc) is 2.30. The molecule has 1 rings (SSSR count). The molecule has 0 heterocycles. The van der Waals surface area contributed by atoms with Crippen LogP contribution >= 0.6 is 12.4 Å². The highest BCUT2D eigenvalue weighted by atomic mass is 35.5. The summed E-state index contributed by atoms with van der Waals surface area (Å²) in [5.41, 5.74) is 5.31. The number of rotatable bonds is 6. The first kappa shape index (κ1) is 15.7. The number of nitrogens with zero attached hydrogens (tertiary/aromatic N) is 1. The van der Waals surface area contributed by atoms with E-state index in [0.717, 1.165) is 5.75 Å². The van der Waals surface area contributed by atoms with Crippen LogP contribution in [0.3, 0.4) is 0 Å². The van der Waals surface area contributed by atoms with Gasteiger partial charge in [0.15, 0.2) is 0 Å². The molecule has 2 N–H and O–H groups in total. The van der Waals surface area contributed by atoms with Crippen molar-refractivity contribution >= 4 is 18.3 Å². The molecular formula is C12H19ClN2O2. The smallest absolute Gasteiger partial charge is 0.223 e. The first-order valence-electron chi connectivity index (χ1n) is 5.36. The van der Waals surface area contributed by atoms with Gasteiger partial charge < -0.3 is 15.4 Å². The number of ether oxygens (including phenoxy) is 1. The SMILES string of the molecule is CN(CCOc1ccccc1)C(=O)CCN.Cl. The Morgan fingerprint density at radius 1 is 1.35 bits per heavy atom. The molecule has 0 radical (unpaired) electrons. The number of carbonyl (C=O) groups excluding carboxylic acids is 1. The van der Waals surface area contributed by atoms with Crippen LogP contribution in [0, 0.1) is 0 Å². The number of carbonyl (C=O) groups is 1. The molecule has 1 aromatic carbocycles. The van der Waals surface area contributed by atoms with Crippen molar-refractivity contribution in [2.45, 2.75) is 6.42 Å². The van der Waals surface area contributed by atoms with Crippen LogP contribution in [-0.4, -0.2) is 37.6 Å². The maximum Gasteiger partial charge on any atom is 0.223 e. The second-order valence-electron chi connectivity index (χ2n) is 3.52. The van der Waals surface area contributed by atoms with E-state index in [1.54, 1.807) is 11.9 Å². The minimum absolute atomic E-state index is 0. The van der Waals surface area contributed by atoms with E-state index in [0.29, 0.717) is 26.1 Å². The van der Waals surface area contributed by atoms with Gasteiger partial charge in [0.05, 0.1) is 6.54 Å². The minimum atomic E-state index is 0. The van der Waals surface area contributed by atoms with Gasteiger partial charge >= 0.3 is 0 Å². The third-order valence-corrected chi connectivity index (χ3v) is 2.22. The van der Waals surface area contributed by atoms with Gasteiger partial charge in [-0.2, -0.15) is 0 Å². The van der Waals surface area contributed by atoms with Gasteiger partial charge in [0.1, 0.15) is 12.4 Å². The lowest BCUT2D eigenvalue weighted by molar-refractivity contribution is -0.130. The Hall–Kier alpha value is -1.26. The van der Waals surface area contributed by atoms with Gasteiger partial charge in [0, 0.05) is 20.0 Å². The van der Waals surface area contributed by atoms with Gasteiger partial charge in [-0.25, -0.2) is 0 Å². The Bertz CT molecular complexity index is 320. The van der Waals surface area contributed by atoms with Crippen molar-refractivity contribution in [1.29, 1.82) is 0 Å². The summed E-state index contributed by atoms with van der Waals surface area (Å²) in [6.45, 7) is 1.47. The fourth-order valence-corrected chi connectivity index (χ4v) is 1.26. The van der Waals surface area contributed by atoms with Gasteiger partial charge in [-0.05, 0) is 12.1 Å². The summed E-state index contributed by atoms with van der Waals surface area (Å²) < 4.78 is 5.48. The topological polar surface area (TPSA) is 55.6 Å². The molecule has 0 aliphatic carbocycles. The molecule has 96 valence electrons. The Morgan fingerprint density at radius 3 is 2.59 bits per heavy atom. The number of benzene rings is 1. The highest BCUT2D eigenvalue weighted by Crippen LogP contribution is 2.07. The van der Waals surface area contributed by atoms with E-state index in [1.807, 2.05) is 30.3 Å². The number of hydrogen-bond acceptors (Lipinski definition) is 3. The molecule has 1 amide bonds. The highest BCUT2D eigenvalue weighted by molar-refractivity contribution is 5.85. The maximum atomic E-state index is 11.4. The lowest BCUT2D eigenvalue weighted by Crippen LogP contribution is -2.32. The third kappa shape index (κ3) is 6.14. The number of likely N-dealkylation sites (N-methyl/N-ethyl adjacent to an activating group) is 1. The van der Waals surface area contributed by atoms with Crippen LogP contribution in [0.1, 0.15) is 6.42 Å². The Kier molecular flexibility index (Phi) is 8.19. The molecule has 0 spiro atoms. The van der Waals surface area contributed by atoms with E-state index in [9.17, 15) is 4.79 Å². The van der Waals surface area contributed by atoms with E-state index < -0.39 is 0 Å². The molecule has 0 saturated carbocycles. The van der Waals surface area contributed by atoms with Crippen molar-refractivity contribution in [2.24, 2.45) is 5.73 Å². The molecule has 0 atom stereocenters. The van der Waals surface area contributed by atoms with E-state index >= 15 is 0 Å². The zero-order chi connectivity index (χ0) is 11.8. The molecule has 0 aliphatic heterocycles. The lowest BCUT2D eigenvalue weighted by Gasteiger charge is -2.16. The number of para-hydroxylation sites is 1. The number of hydrogen-bond donors (Lipinski definition) is 1. The van der Waals surface area contributed by atoms with Crippen LogP contribution in [-0.2, 0) is 4.79 Å². The fraction of sp³-hybridized carbons (Fsp3) is 0.417. The predicted octanol–water partition coefficient (Wildman–Crippen LogP) is 1.29. The summed E-state index contributed by atoms with van der Waals surface area (Å²) in [5.74, 6) is 0.876. The van der Waals surface area contributed by atoms with Gasteiger partial charge in [-0.3, -0.25) is 4.79 Å². The predicted molar refractivity (Wildman–Crippen MR) is 70.5 cm³/mol. The van der Waals surface area contributed by atoms with Crippen LogP contribution in [0.5, 0.6) is 5.75 Å². The van der Waals surface area contributed by atoms with E-state index in [1.165, 1.54) is 0 Å². The normalized spacial score (nSPS) is 9.29. The number of halogens is 1. The van der Waals surface area contributed by atoms with E-state index in [4.69, 9.17) is 10.5 Å². The molecule has 5 heteroatoms. The molecule has 1 aromatic rings. The highest BCUT2D eigenvalue weighted by Gasteiger charge is 2.06. The minimum Gasteiger partial charge on any atom is -0.492 e. The third-order valence-electron chi connectivity index (χ3n) is 2.22. The Labute approximate surface area is 108 Å². The van der Waals surface area contributed by atoms with E-state index in [2.05, 4.69) is 0 Å². The molecule has 0 bridgehead atoms. The van der Waals surface area contributed by atoms with Gasteiger partial charge in [0.2, 0.25) is 5.91 Å². The lowest BCUT2D eigenvalue weighted by atomic mass is 10.3. The number of nitrogens with two attached hydrogens (primary N) is 1. The van der Waals surface area contributed by atoms with Crippen molar-refractivity contribution in [1.82, 2.24) is 4.90 Å². The van der Waals surface area contributed by atoms with Crippen molar-refractivity contribution < 1.29 is 9.53 Å². The average molecular weight is 259 g/mol. The standard InChI is InChI=1S/C12H18N2O2.ClH/c1-14(12(15)7-8-13)9-10-16-11-5-3-2-4-6-11;/h2-6H,7-10,13H2,1H3;1H. The van der Waals surface area contributed by atoms with Crippen LogP contribution in [0.4, 0.5) is 0 Å². The number of amides is 1. The first-order valence-corrected chi connectivity index (χ1v) is 5.36.